The average molecular weight is 853 g/mol. The molecule has 0 rings (SSSR count). The monoisotopic (exact) mass is 853 g/mol. The molecule has 0 bridgehead atoms. The Balaban J connectivity index is -0.000000150. The van der Waals surface area contributed by atoms with Gasteiger partial charge in [0.25, 0.3) is 0 Å². The molecule has 0 radical (unpaired) electrons. The molecule has 0 aromatic heterocycles. The lowest BCUT2D eigenvalue weighted by Gasteiger charge is -2.26. The Labute approximate surface area is 365 Å². The van der Waals surface area contributed by atoms with Crippen molar-refractivity contribution in [3.8, 4) is 11.8 Å². The highest BCUT2D eigenvalue weighted by molar-refractivity contribution is 7.96. The lowest BCUT2D eigenvalue weighted by atomic mass is 9.76. The van der Waals surface area contributed by atoms with Crippen LogP contribution in [-0.2, 0) is 38.5 Å². The molecule has 0 unspecified atom stereocenters. The third kappa shape index (κ3) is 30.5. The van der Waals surface area contributed by atoms with Crippen LogP contribution in [0, 0.1) is 38.9 Å². The second kappa shape index (κ2) is 27.0. The second-order valence-electron chi connectivity index (χ2n) is 21.3. The molecule has 0 amide bonds. The molecule has 0 fully saturated rings. The summed E-state index contributed by atoms with van der Waals surface area (Å²) >= 11 is 0. The van der Waals surface area contributed by atoms with Crippen LogP contribution in [0.15, 0.2) is 32.8 Å². The number of rotatable bonds is 6. The number of carbonyl (C=O) groups is 5. The van der Waals surface area contributed by atoms with Crippen LogP contribution in [0.3, 0.4) is 0 Å². The number of Topliss-reactive ketones (excluding diaryl/α,β-unsaturated/α-hetero) is 4. The van der Waals surface area contributed by atoms with Crippen molar-refractivity contribution < 1.29 is 37.1 Å². The maximum atomic E-state index is 11.7. The van der Waals surface area contributed by atoms with E-state index in [4.69, 9.17) is 4.74 Å². The summed E-state index contributed by atoms with van der Waals surface area (Å²) in [6.07, 6.45) is 0.283. The minimum Gasteiger partial charge on any atom is -0.462 e. The molecular formula is C50H92O8S. The van der Waals surface area contributed by atoms with Crippen molar-refractivity contribution in [2.45, 2.75) is 212 Å². The van der Waals surface area contributed by atoms with Crippen molar-refractivity contribution in [2.24, 2.45) is 27.1 Å². The summed E-state index contributed by atoms with van der Waals surface area (Å²) in [4.78, 5) is 57.4. The average Bonchev–Trinajstić information content (AvgIpc) is 3.01. The van der Waals surface area contributed by atoms with Crippen LogP contribution in [0.1, 0.15) is 208 Å². The van der Waals surface area contributed by atoms with Crippen molar-refractivity contribution in [3.63, 3.8) is 0 Å². The van der Waals surface area contributed by atoms with Crippen LogP contribution >= 0.6 is 0 Å². The molecule has 0 N–H and O–H groups in total. The zero-order chi connectivity index (χ0) is 48.4. The highest BCUT2D eigenvalue weighted by atomic mass is 32.2. The Morgan fingerprint density at radius 3 is 1.02 bits per heavy atom. The first kappa shape index (κ1) is 67.6. The summed E-state index contributed by atoms with van der Waals surface area (Å²) in [7, 11) is -3.10. The Bertz CT molecular complexity index is 1630. The molecule has 0 aliphatic rings. The van der Waals surface area contributed by atoms with Gasteiger partial charge in [-0.15, -0.1) is 0 Å². The molecule has 346 valence electrons. The largest absolute Gasteiger partial charge is 0.462 e. The highest BCUT2D eigenvalue weighted by Gasteiger charge is 2.32. The summed E-state index contributed by atoms with van der Waals surface area (Å²) in [6.45, 7) is 52.3. The van der Waals surface area contributed by atoms with E-state index in [-0.39, 0.29) is 70.8 Å². The van der Waals surface area contributed by atoms with Crippen molar-refractivity contribution in [2.75, 3.05) is 6.61 Å². The number of hydrogen-bond donors (Lipinski definition) is 0. The zero-order valence-corrected chi connectivity index (χ0v) is 43.4. The van der Waals surface area contributed by atoms with Gasteiger partial charge in [0.05, 0.1) is 11.4 Å². The van der Waals surface area contributed by atoms with E-state index in [1.165, 1.54) is 0 Å². The van der Waals surface area contributed by atoms with E-state index in [2.05, 4.69) is 11.8 Å². The standard InChI is InChI=1S/C13H22O3.C10H18O.C9H18O2S.C9H18O.C8H12O.CH4/c1-9(2)10(3)12(15)16-8-7-11(14)13(4,5)6;1-7(2)8(3)9(11)10(4,5)6;1-7(2)8(3)12(10,11)9(4,5)6;1-8(2,3)7(10)9(4,5)6;1-5-6-7(9)8(2,3)4;/h7-8H2,1-6H3;1-6H3;1-6H3;1-6H3;1-4H3;1H4. The molecule has 9 heteroatoms. The van der Waals surface area contributed by atoms with Crippen LogP contribution in [0.2, 0.25) is 0 Å². The molecule has 0 aliphatic carbocycles. The number of sulfone groups is 1. The van der Waals surface area contributed by atoms with Gasteiger partial charge in [0.15, 0.2) is 15.6 Å². The fourth-order valence-corrected chi connectivity index (χ4v) is 5.32. The first-order valence-electron chi connectivity index (χ1n) is 20.1. The third-order valence-electron chi connectivity index (χ3n) is 8.42. The molecule has 0 heterocycles. The quantitative estimate of drug-likeness (QED) is 0.112. The van der Waals surface area contributed by atoms with Crippen LogP contribution in [0.4, 0.5) is 0 Å². The smallest absolute Gasteiger partial charge is 0.333 e. The minimum absolute atomic E-state index is 0. The Morgan fingerprint density at radius 1 is 0.508 bits per heavy atom. The number of carbonyl (C=O) groups excluding carboxylic acids is 5. The Kier molecular flexibility index (Phi) is 30.9. The molecule has 0 aromatic rings. The van der Waals surface area contributed by atoms with Crippen LogP contribution in [0.25, 0.3) is 0 Å². The van der Waals surface area contributed by atoms with Gasteiger partial charge in [0.1, 0.15) is 11.6 Å². The van der Waals surface area contributed by atoms with Crippen molar-refractivity contribution >= 4 is 38.9 Å². The van der Waals surface area contributed by atoms with E-state index in [1.54, 1.807) is 41.5 Å². The van der Waals surface area contributed by atoms with Gasteiger partial charge in [-0.05, 0) is 102 Å². The SMILES string of the molecule is C.CC#CC(=O)C(C)(C)C.CC(C)(C)C(=O)C(C)(C)C.CC(C)=C(C)C(=O)C(C)(C)C.CC(C)=C(C)C(=O)OCCC(=O)C(C)(C)C.CC(C)=C(C)S(=O)(=O)C(C)(C)C. The van der Waals surface area contributed by atoms with E-state index >= 15 is 0 Å². The summed E-state index contributed by atoms with van der Waals surface area (Å²) in [6, 6.07) is 0. The van der Waals surface area contributed by atoms with Crippen molar-refractivity contribution in [3.05, 3.63) is 32.8 Å². The third-order valence-corrected chi connectivity index (χ3v) is 11.2. The van der Waals surface area contributed by atoms with Crippen LogP contribution in [-0.4, -0.2) is 48.9 Å². The topological polar surface area (TPSA) is 129 Å². The van der Waals surface area contributed by atoms with E-state index in [0.717, 1.165) is 22.3 Å². The molecule has 0 saturated heterocycles. The summed E-state index contributed by atoms with van der Waals surface area (Å²) in [5.74, 6) is 5.42. The Morgan fingerprint density at radius 2 is 0.864 bits per heavy atom. The molecule has 0 aliphatic heterocycles. The number of allylic oxidation sites excluding steroid dienone is 5. The van der Waals surface area contributed by atoms with Gasteiger partial charge >= 0.3 is 5.97 Å². The molecule has 59 heavy (non-hydrogen) atoms. The first-order chi connectivity index (χ1) is 25.2. The predicted octanol–water partition coefficient (Wildman–Crippen LogP) is 13.3. The number of esters is 1. The molecular weight excluding hydrogens is 761 g/mol. The van der Waals surface area contributed by atoms with Crippen LogP contribution < -0.4 is 0 Å². The fourth-order valence-electron chi connectivity index (χ4n) is 3.87. The summed E-state index contributed by atoms with van der Waals surface area (Å²) in [5, 5.41) is 0. The lowest BCUT2D eigenvalue weighted by molar-refractivity contribution is -0.140. The minimum atomic E-state index is -3.10. The van der Waals surface area contributed by atoms with Gasteiger partial charge in [0, 0.05) is 44.0 Å². The lowest BCUT2D eigenvalue weighted by Crippen LogP contribution is -2.32. The van der Waals surface area contributed by atoms with Gasteiger partial charge in [-0.25, -0.2) is 13.2 Å². The van der Waals surface area contributed by atoms with Crippen molar-refractivity contribution in [1.29, 1.82) is 0 Å². The van der Waals surface area contributed by atoms with Gasteiger partial charge < -0.3 is 4.74 Å². The molecule has 0 saturated carbocycles. The van der Waals surface area contributed by atoms with E-state index < -0.39 is 14.6 Å². The summed E-state index contributed by atoms with van der Waals surface area (Å²) in [5.41, 5.74) is 3.14. The number of ether oxygens (including phenoxy) is 1. The van der Waals surface area contributed by atoms with E-state index in [1.807, 2.05) is 152 Å². The maximum Gasteiger partial charge on any atom is 0.333 e. The van der Waals surface area contributed by atoms with Gasteiger partial charge in [-0.3, -0.25) is 19.2 Å². The van der Waals surface area contributed by atoms with Crippen molar-refractivity contribution in [1.82, 2.24) is 0 Å². The van der Waals surface area contributed by atoms with Crippen LogP contribution in [0.5, 0.6) is 0 Å². The zero-order valence-electron chi connectivity index (χ0n) is 42.6. The Hall–Kier alpha value is -3.12. The van der Waals surface area contributed by atoms with E-state index in [9.17, 15) is 32.4 Å². The molecule has 0 aromatic carbocycles. The molecule has 0 spiro atoms. The number of ketones is 4. The predicted molar refractivity (Wildman–Crippen MR) is 254 cm³/mol. The van der Waals surface area contributed by atoms with E-state index in [0.29, 0.717) is 16.3 Å². The first-order valence-corrected chi connectivity index (χ1v) is 21.6. The van der Waals surface area contributed by atoms with Gasteiger partial charge in [0.2, 0.25) is 5.78 Å². The number of hydrogen-bond acceptors (Lipinski definition) is 8. The maximum absolute atomic E-state index is 11.7. The molecule has 0 atom stereocenters. The normalized spacial score (nSPS) is 11.4. The fraction of sp³-hybridized carbons (Fsp3) is 0.740. The van der Waals surface area contributed by atoms with Gasteiger partial charge in [-0.1, -0.05) is 134 Å². The summed E-state index contributed by atoms with van der Waals surface area (Å²) < 4.78 is 27.8. The highest BCUT2D eigenvalue weighted by Crippen LogP contribution is 2.28. The second-order valence-corrected chi connectivity index (χ2v) is 24.2. The molecule has 8 nitrogen and oxygen atoms in total. The van der Waals surface area contributed by atoms with Gasteiger partial charge in [-0.2, -0.15) is 0 Å².